The lowest BCUT2D eigenvalue weighted by Gasteiger charge is -2.32. The van der Waals surface area contributed by atoms with E-state index in [2.05, 4.69) is 0 Å². The van der Waals surface area contributed by atoms with Gasteiger partial charge in [0.25, 0.3) is 5.91 Å². The van der Waals surface area contributed by atoms with Crippen LogP contribution in [0.15, 0.2) is 36.5 Å². The molecule has 2 aromatic carbocycles. The number of carbonyl (C=O) groups is 2. The number of rotatable bonds is 6. The number of halogens is 5. The van der Waals surface area contributed by atoms with Gasteiger partial charge in [0, 0.05) is 32.4 Å². The topological polar surface area (TPSA) is 74.6 Å². The van der Waals surface area contributed by atoms with Crippen molar-refractivity contribution in [2.45, 2.75) is 51.4 Å². The number of likely N-dealkylation sites (tertiary alicyclic amines) is 1. The highest BCUT2D eigenvalue weighted by Gasteiger charge is 2.38. The third-order valence-corrected chi connectivity index (χ3v) is 6.64. The smallest absolute Gasteiger partial charge is 0.471 e. The molecule has 1 fully saturated rings. The van der Waals surface area contributed by atoms with Gasteiger partial charge in [0.1, 0.15) is 17.4 Å². The number of hydrogen-bond acceptors (Lipinski definition) is 3. The van der Waals surface area contributed by atoms with Crippen molar-refractivity contribution in [3.8, 4) is 5.75 Å². The molecule has 0 unspecified atom stereocenters. The summed E-state index contributed by atoms with van der Waals surface area (Å²) in [5.41, 5.74) is 0.989. The van der Waals surface area contributed by atoms with E-state index in [4.69, 9.17) is 0 Å². The Balaban J connectivity index is 1.49. The number of phenolic OH excluding ortho intramolecular Hbond substituents is 1. The molecule has 4 rings (SSSR count). The van der Waals surface area contributed by atoms with Crippen molar-refractivity contribution in [3.05, 3.63) is 64.9 Å². The van der Waals surface area contributed by atoms with Crippen LogP contribution in [0.1, 0.15) is 53.6 Å². The highest BCUT2D eigenvalue weighted by atomic mass is 19.4. The van der Waals surface area contributed by atoms with Gasteiger partial charge in [-0.3, -0.25) is 9.59 Å². The van der Waals surface area contributed by atoms with E-state index in [1.807, 2.05) is 6.92 Å². The molecule has 1 saturated heterocycles. The molecule has 11 heteroatoms. The fourth-order valence-corrected chi connectivity index (χ4v) is 4.83. The Bertz CT molecular complexity index is 1330. The standard InChI is InChI=1S/C26H26F5N3O3/c1-2-9-34-14-18(22-21(35)6-5-20(28)23(22)34)24(36)33-10-7-16(8-11-33)17-12-15(3-4-19(17)27)13-32-25(37)26(29,30)31/h3-6,12,14,16,35H,2,7-11,13H2,1H3,(H,32,37). The molecule has 0 aliphatic carbocycles. The molecule has 2 amide bonds. The zero-order chi connectivity index (χ0) is 26.9. The van der Waals surface area contributed by atoms with Crippen LogP contribution in [-0.4, -0.2) is 45.7 Å². The molecule has 0 atom stereocenters. The average molecular weight is 524 g/mol. The van der Waals surface area contributed by atoms with Crippen LogP contribution >= 0.6 is 0 Å². The molecule has 198 valence electrons. The summed E-state index contributed by atoms with van der Waals surface area (Å²) < 4.78 is 68.1. The van der Waals surface area contributed by atoms with E-state index in [-0.39, 0.29) is 47.1 Å². The van der Waals surface area contributed by atoms with E-state index in [1.54, 1.807) is 21.0 Å². The number of carbonyl (C=O) groups excluding carboxylic acids is 2. The van der Waals surface area contributed by atoms with Crippen molar-refractivity contribution in [1.82, 2.24) is 14.8 Å². The fourth-order valence-electron chi connectivity index (χ4n) is 4.83. The van der Waals surface area contributed by atoms with Crippen LogP contribution in [-0.2, 0) is 17.9 Å². The summed E-state index contributed by atoms with van der Waals surface area (Å²) in [7, 11) is 0. The van der Waals surface area contributed by atoms with Crippen LogP contribution in [0.25, 0.3) is 10.9 Å². The van der Waals surface area contributed by atoms with Gasteiger partial charge in [-0.1, -0.05) is 19.1 Å². The number of hydrogen-bond donors (Lipinski definition) is 2. The van der Waals surface area contributed by atoms with E-state index < -0.39 is 30.3 Å². The van der Waals surface area contributed by atoms with Gasteiger partial charge in [0.2, 0.25) is 0 Å². The molecule has 0 bridgehead atoms. The number of amides is 2. The van der Waals surface area contributed by atoms with E-state index in [1.165, 1.54) is 18.2 Å². The maximum atomic E-state index is 14.6. The second-order valence-electron chi connectivity index (χ2n) is 9.13. The van der Waals surface area contributed by atoms with Gasteiger partial charge in [-0.05, 0) is 54.5 Å². The predicted octanol–water partition coefficient (Wildman–Crippen LogP) is 5.23. The Morgan fingerprint density at radius 2 is 1.76 bits per heavy atom. The molecule has 2 N–H and O–H groups in total. The predicted molar refractivity (Wildman–Crippen MR) is 126 cm³/mol. The SMILES string of the molecule is CCCn1cc(C(=O)N2CCC(c3cc(CNC(=O)C(F)(F)F)ccc3F)CC2)c2c(O)ccc(F)c21. The van der Waals surface area contributed by atoms with E-state index in [0.29, 0.717) is 36.9 Å². The van der Waals surface area contributed by atoms with Gasteiger partial charge in [-0.2, -0.15) is 13.2 Å². The first-order chi connectivity index (χ1) is 17.5. The number of fused-ring (bicyclic) bond motifs is 1. The van der Waals surface area contributed by atoms with Gasteiger partial charge in [0.15, 0.2) is 0 Å². The van der Waals surface area contributed by atoms with Gasteiger partial charge < -0.3 is 19.9 Å². The van der Waals surface area contributed by atoms with Gasteiger partial charge in [-0.15, -0.1) is 0 Å². The number of alkyl halides is 3. The average Bonchev–Trinajstić information content (AvgIpc) is 3.25. The Kier molecular flexibility index (Phi) is 7.42. The molecule has 37 heavy (non-hydrogen) atoms. The van der Waals surface area contributed by atoms with Crippen molar-refractivity contribution < 1.29 is 36.6 Å². The Morgan fingerprint density at radius 1 is 1.08 bits per heavy atom. The third kappa shape index (κ3) is 5.40. The largest absolute Gasteiger partial charge is 0.507 e. The minimum absolute atomic E-state index is 0.153. The number of aryl methyl sites for hydroxylation is 1. The van der Waals surface area contributed by atoms with Crippen molar-refractivity contribution in [1.29, 1.82) is 0 Å². The van der Waals surface area contributed by atoms with Crippen molar-refractivity contribution in [3.63, 3.8) is 0 Å². The summed E-state index contributed by atoms with van der Waals surface area (Å²) in [4.78, 5) is 26.0. The van der Waals surface area contributed by atoms with Crippen LogP contribution in [0.3, 0.4) is 0 Å². The lowest BCUT2D eigenvalue weighted by Crippen LogP contribution is -2.38. The zero-order valence-electron chi connectivity index (χ0n) is 20.0. The maximum absolute atomic E-state index is 14.6. The van der Waals surface area contributed by atoms with Crippen molar-refractivity contribution >= 4 is 22.7 Å². The monoisotopic (exact) mass is 523 g/mol. The number of benzene rings is 2. The van der Waals surface area contributed by atoms with E-state index in [0.717, 1.165) is 12.1 Å². The number of aromatic hydroxyl groups is 1. The second kappa shape index (κ2) is 10.4. The van der Waals surface area contributed by atoms with Crippen LogP contribution in [0.2, 0.25) is 0 Å². The first-order valence-corrected chi connectivity index (χ1v) is 11.9. The van der Waals surface area contributed by atoms with Gasteiger partial charge >= 0.3 is 12.1 Å². The van der Waals surface area contributed by atoms with Crippen LogP contribution < -0.4 is 5.32 Å². The molecule has 3 aromatic rings. The van der Waals surface area contributed by atoms with E-state index >= 15 is 0 Å². The minimum atomic E-state index is -5.01. The summed E-state index contributed by atoms with van der Waals surface area (Å²) in [6.07, 6.45) is -1.97. The van der Waals surface area contributed by atoms with Crippen LogP contribution in [0.4, 0.5) is 22.0 Å². The fraction of sp³-hybridized carbons (Fsp3) is 0.385. The summed E-state index contributed by atoms with van der Waals surface area (Å²) in [5.74, 6) is -3.98. The first kappa shape index (κ1) is 26.4. The molecule has 6 nitrogen and oxygen atoms in total. The van der Waals surface area contributed by atoms with Crippen molar-refractivity contribution in [2.75, 3.05) is 13.1 Å². The summed E-state index contributed by atoms with van der Waals surface area (Å²) >= 11 is 0. The molecular formula is C26H26F5N3O3. The van der Waals surface area contributed by atoms with Crippen LogP contribution in [0.5, 0.6) is 5.75 Å². The number of aromatic nitrogens is 1. The molecule has 0 spiro atoms. The molecule has 0 radical (unpaired) electrons. The molecule has 1 aromatic heterocycles. The van der Waals surface area contributed by atoms with Crippen molar-refractivity contribution in [2.24, 2.45) is 0 Å². The summed E-state index contributed by atoms with van der Waals surface area (Å²) in [6, 6.07) is 6.27. The summed E-state index contributed by atoms with van der Waals surface area (Å²) in [5, 5.41) is 12.3. The van der Waals surface area contributed by atoms with Gasteiger partial charge in [0.05, 0.1) is 16.5 Å². The normalized spacial score (nSPS) is 14.8. The molecule has 1 aliphatic heterocycles. The Morgan fingerprint density at radius 3 is 2.41 bits per heavy atom. The Labute approximate surface area is 209 Å². The van der Waals surface area contributed by atoms with Gasteiger partial charge in [-0.25, -0.2) is 8.78 Å². The molecule has 0 saturated carbocycles. The quantitative estimate of drug-likeness (QED) is 0.435. The van der Waals surface area contributed by atoms with Crippen LogP contribution in [0, 0.1) is 11.6 Å². The second-order valence-corrected chi connectivity index (χ2v) is 9.13. The number of nitrogens with zero attached hydrogens (tertiary/aromatic N) is 2. The number of nitrogens with one attached hydrogen (secondary N) is 1. The lowest BCUT2D eigenvalue weighted by molar-refractivity contribution is -0.173. The Hall–Kier alpha value is -3.63. The zero-order valence-corrected chi connectivity index (χ0v) is 20.0. The highest BCUT2D eigenvalue weighted by molar-refractivity contribution is 6.09. The molecule has 2 heterocycles. The molecule has 1 aliphatic rings. The van der Waals surface area contributed by atoms with E-state index in [9.17, 15) is 36.6 Å². The minimum Gasteiger partial charge on any atom is -0.507 e. The number of phenols is 1. The third-order valence-electron chi connectivity index (χ3n) is 6.64. The molecular weight excluding hydrogens is 497 g/mol. The number of piperidine rings is 1. The summed E-state index contributed by atoms with van der Waals surface area (Å²) in [6.45, 7) is 2.52. The first-order valence-electron chi connectivity index (χ1n) is 11.9. The highest BCUT2D eigenvalue weighted by Crippen LogP contribution is 2.35. The maximum Gasteiger partial charge on any atom is 0.471 e. The lowest BCUT2D eigenvalue weighted by atomic mass is 9.88.